The quantitative estimate of drug-likeness (QED) is 0.776. The fraction of sp³-hybridized carbons (Fsp3) is 0.600. The van der Waals surface area contributed by atoms with Crippen LogP contribution in [0.4, 0.5) is 4.79 Å². The van der Waals surface area contributed by atoms with E-state index in [9.17, 15) is 9.59 Å². The van der Waals surface area contributed by atoms with Gasteiger partial charge >= 0.3 is 12.1 Å². The van der Waals surface area contributed by atoms with Gasteiger partial charge in [0.15, 0.2) is 0 Å². The number of rotatable bonds is 3. The van der Waals surface area contributed by atoms with Crippen molar-refractivity contribution in [2.75, 3.05) is 13.7 Å². The predicted octanol–water partition coefficient (Wildman–Crippen LogP) is 2.81. The first-order chi connectivity index (χ1) is 12.3. The lowest BCUT2D eigenvalue weighted by Gasteiger charge is -2.45. The maximum Gasteiger partial charge on any atom is 0.411 e. The van der Waals surface area contributed by atoms with Gasteiger partial charge in [-0.15, -0.1) is 0 Å². The van der Waals surface area contributed by atoms with Crippen molar-refractivity contribution in [3.05, 3.63) is 35.9 Å². The molecule has 3 rings (SSSR count). The van der Waals surface area contributed by atoms with Gasteiger partial charge in [0.25, 0.3) is 0 Å². The third kappa shape index (κ3) is 3.85. The van der Waals surface area contributed by atoms with Crippen molar-refractivity contribution in [1.29, 1.82) is 0 Å². The summed E-state index contributed by atoms with van der Waals surface area (Å²) in [4.78, 5) is 29.2. The van der Waals surface area contributed by atoms with Crippen LogP contribution >= 0.6 is 0 Å². The zero-order valence-electron chi connectivity index (χ0n) is 16.0. The van der Waals surface area contributed by atoms with E-state index in [-0.39, 0.29) is 18.1 Å². The molecular formula is C20H28N2O4. The number of methoxy groups -OCH3 is 1. The molecule has 1 amide bonds. The Morgan fingerprint density at radius 1 is 1.15 bits per heavy atom. The molecule has 2 saturated heterocycles. The van der Waals surface area contributed by atoms with Gasteiger partial charge in [-0.1, -0.05) is 30.3 Å². The van der Waals surface area contributed by atoms with Crippen LogP contribution in [0.5, 0.6) is 0 Å². The van der Waals surface area contributed by atoms with E-state index >= 15 is 0 Å². The Labute approximate surface area is 155 Å². The number of nitrogens with zero attached hydrogens (tertiary/aromatic N) is 2. The highest BCUT2D eigenvalue weighted by atomic mass is 16.6. The van der Waals surface area contributed by atoms with E-state index in [1.54, 1.807) is 4.90 Å². The highest BCUT2D eigenvalue weighted by Crippen LogP contribution is 2.36. The summed E-state index contributed by atoms with van der Waals surface area (Å²) in [6.45, 7) is 6.75. The number of benzene rings is 1. The van der Waals surface area contributed by atoms with E-state index in [0.717, 1.165) is 19.4 Å². The van der Waals surface area contributed by atoms with E-state index in [4.69, 9.17) is 9.47 Å². The van der Waals surface area contributed by atoms with E-state index < -0.39 is 17.7 Å². The molecule has 0 spiro atoms. The molecule has 0 aromatic heterocycles. The number of hydrogen-bond acceptors (Lipinski definition) is 5. The predicted molar refractivity (Wildman–Crippen MR) is 97.5 cm³/mol. The number of likely N-dealkylation sites (tertiary alicyclic amines) is 1. The SMILES string of the molecule is COC(=O)[C@@H]1[C@H]2CC[C@@H](CN1C(=O)OC(C)(C)C)N2Cc1ccccc1. The summed E-state index contributed by atoms with van der Waals surface area (Å²) in [5, 5.41) is 0. The van der Waals surface area contributed by atoms with Crippen LogP contribution < -0.4 is 0 Å². The van der Waals surface area contributed by atoms with Crippen molar-refractivity contribution in [2.24, 2.45) is 0 Å². The van der Waals surface area contributed by atoms with Gasteiger partial charge in [-0.3, -0.25) is 9.80 Å². The van der Waals surface area contributed by atoms with Crippen LogP contribution in [0.1, 0.15) is 39.2 Å². The summed E-state index contributed by atoms with van der Waals surface area (Å²) in [5.74, 6) is -0.376. The summed E-state index contributed by atoms with van der Waals surface area (Å²) in [7, 11) is 1.37. The van der Waals surface area contributed by atoms with Gasteiger partial charge in [0.1, 0.15) is 11.6 Å². The fourth-order valence-corrected chi connectivity index (χ4v) is 4.00. The third-order valence-electron chi connectivity index (χ3n) is 5.08. The third-order valence-corrected chi connectivity index (χ3v) is 5.08. The minimum Gasteiger partial charge on any atom is -0.467 e. The summed E-state index contributed by atoms with van der Waals surface area (Å²) in [6.07, 6.45) is 1.39. The average molecular weight is 360 g/mol. The second-order valence-corrected chi connectivity index (χ2v) is 8.06. The lowest BCUT2D eigenvalue weighted by atomic mass is 10.0. The van der Waals surface area contributed by atoms with Crippen molar-refractivity contribution < 1.29 is 19.1 Å². The number of ether oxygens (including phenoxy) is 2. The number of carbonyl (C=O) groups excluding carboxylic acids is 2. The largest absolute Gasteiger partial charge is 0.467 e. The van der Waals surface area contributed by atoms with Gasteiger partial charge in [-0.2, -0.15) is 0 Å². The van der Waals surface area contributed by atoms with Crippen LogP contribution in [0.25, 0.3) is 0 Å². The molecule has 1 aromatic rings. The van der Waals surface area contributed by atoms with E-state index in [1.807, 2.05) is 39.0 Å². The van der Waals surface area contributed by atoms with Gasteiger partial charge in [-0.05, 0) is 39.2 Å². The maximum atomic E-state index is 12.7. The first-order valence-electron chi connectivity index (χ1n) is 9.17. The Bertz CT molecular complexity index is 656. The molecule has 3 atom stereocenters. The second-order valence-electron chi connectivity index (χ2n) is 8.06. The molecule has 26 heavy (non-hydrogen) atoms. The molecular weight excluding hydrogens is 332 g/mol. The van der Waals surface area contributed by atoms with Crippen LogP contribution in [0, 0.1) is 0 Å². The van der Waals surface area contributed by atoms with Gasteiger partial charge < -0.3 is 9.47 Å². The van der Waals surface area contributed by atoms with Crippen LogP contribution in [0.3, 0.4) is 0 Å². The highest BCUT2D eigenvalue weighted by molar-refractivity contribution is 5.83. The molecule has 0 unspecified atom stereocenters. The molecule has 142 valence electrons. The van der Waals surface area contributed by atoms with Crippen LogP contribution in [0.2, 0.25) is 0 Å². The number of carbonyl (C=O) groups is 2. The van der Waals surface area contributed by atoms with Crippen molar-refractivity contribution in [3.8, 4) is 0 Å². The van der Waals surface area contributed by atoms with Crippen molar-refractivity contribution in [1.82, 2.24) is 9.80 Å². The molecule has 6 nitrogen and oxygen atoms in total. The molecule has 2 heterocycles. The molecule has 0 N–H and O–H groups in total. The smallest absolute Gasteiger partial charge is 0.411 e. The molecule has 0 aliphatic carbocycles. The first kappa shape index (κ1) is 18.7. The number of piperazine rings is 1. The molecule has 2 aliphatic heterocycles. The van der Waals surface area contributed by atoms with Crippen molar-refractivity contribution >= 4 is 12.1 Å². The minimum absolute atomic E-state index is 0.0473. The summed E-state index contributed by atoms with van der Waals surface area (Å²) >= 11 is 0. The zero-order chi connectivity index (χ0) is 18.9. The topological polar surface area (TPSA) is 59.1 Å². The van der Waals surface area contributed by atoms with Crippen molar-refractivity contribution in [3.63, 3.8) is 0 Å². The van der Waals surface area contributed by atoms with Gasteiger partial charge in [0.05, 0.1) is 7.11 Å². The molecule has 2 bridgehead atoms. The van der Waals surface area contributed by atoms with E-state index in [0.29, 0.717) is 6.54 Å². The minimum atomic E-state index is -0.627. The summed E-state index contributed by atoms with van der Waals surface area (Å²) in [6, 6.07) is 9.77. The number of fused-ring (bicyclic) bond motifs is 2. The Balaban J connectivity index is 1.83. The average Bonchev–Trinajstić information content (AvgIpc) is 2.85. The van der Waals surface area contributed by atoms with Crippen LogP contribution in [0.15, 0.2) is 30.3 Å². The fourth-order valence-electron chi connectivity index (χ4n) is 4.00. The molecule has 2 aliphatic rings. The van der Waals surface area contributed by atoms with E-state index in [1.165, 1.54) is 12.7 Å². The molecule has 1 aromatic carbocycles. The molecule has 0 saturated carbocycles. The normalized spacial score (nSPS) is 25.8. The Morgan fingerprint density at radius 3 is 2.46 bits per heavy atom. The second kappa shape index (κ2) is 7.27. The van der Waals surface area contributed by atoms with Gasteiger partial charge in [0, 0.05) is 25.2 Å². The molecule has 6 heteroatoms. The number of hydrogen-bond donors (Lipinski definition) is 0. The molecule has 0 radical (unpaired) electrons. The highest BCUT2D eigenvalue weighted by Gasteiger charge is 2.52. The van der Waals surface area contributed by atoms with Gasteiger partial charge in [0.2, 0.25) is 0 Å². The Hall–Kier alpha value is -2.08. The standard InChI is InChI=1S/C20H28N2O4/c1-20(2,3)26-19(24)22-13-15-10-11-16(17(22)18(23)25-4)21(15)12-14-8-6-5-7-9-14/h5-9,15-17H,10-13H2,1-4H3/t15-,16+,17-/m0/s1. The Morgan fingerprint density at radius 2 is 1.85 bits per heavy atom. The maximum absolute atomic E-state index is 12.7. The van der Waals surface area contributed by atoms with Crippen molar-refractivity contribution in [2.45, 2.75) is 63.9 Å². The van der Waals surface area contributed by atoms with E-state index in [2.05, 4.69) is 17.0 Å². The molecule has 2 fully saturated rings. The number of amides is 1. The first-order valence-corrected chi connectivity index (χ1v) is 9.17. The Kier molecular flexibility index (Phi) is 5.23. The van der Waals surface area contributed by atoms with Crippen LogP contribution in [-0.4, -0.2) is 59.2 Å². The van der Waals surface area contributed by atoms with Gasteiger partial charge in [-0.25, -0.2) is 9.59 Å². The zero-order valence-corrected chi connectivity index (χ0v) is 16.0. The number of esters is 1. The summed E-state index contributed by atoms with van der Waals surface area (Å²) in [5.41, 5.74) is 0.608. The lowest BCUT2D eigenvalue weighted by Crippen LogP contribution is -2.64. The lowest BCUT2D eigenvalue weighted by molar-refractivity contribution is -0.152. The van der Waals surface area contributed by atoms with Crippen LogP contribution in [-0.2, 0) is 20.8 Å². The monoisotopic (exact) mass is 360 g/mol. The summed E-state index contributed by atoms with van der Waals surface area (Å²) < 4.78 is 10.6.